The molecule has 120 valence electrons. The van der Waals surface area contributed by atoms with Gasteiger partial charge in [-0.1, -0.05) is 11.6 Å². The van der Waals surface area contributed by atoms with Crippen molar-refractivity contribution in [3.8, 4) is 0 Å². The van der Waals surface area contributed by atoms with E-state index in [-0.39, 0.29) is 18.1 Å². The molecule has 1 heterocycles. The molecule has 0 amide bonds. The lowest BCUT2D eigenvalue weighted by Crippen LogP contribution is -2.41. The lowest BCUT2D eigenvalue weighted by atomic mass is 10.1. The lowest BCUT2D eigenvalue weighted by Gasteiger charge is -2.10. The van der Waals surface area contributed by atoms with Gasteiger partial charge in [0.15, 0.2) is 0 Å². The van der Waals surface area contributed by atoms with Crippen molar-refractivity contribution in [2.24, 2.45) is 0 Å². The van der Waals surface area contributed by atoms with Crippen molar-refractivity contribution in [1.29, 1.82) is 0 Å². The molecule has 0 aliphatic carbocycles. The van der Waals surface area contributed by atoms with Crippen molar-refractivity contribution in [3.05, 3.63) is 45.7 Å². The largest absolute Gasteiger partial charge is 0.322 e. The molecule has 2 aromatic rings. The quantitative estimate of drug-likeness (QED) is 0.746. The number of pyridine rings is 1. The van der Waals surface area contributed by atoms with Crippen LogP contribution in [0.15, 0.2) is 29.1 Å². The summed E-state index contributed by atoms with van der Waals surface area (Å²) < 4.78 is 28.2. The summed E-state index contributed by atoms with van der Waals surface area (Å²) in [6.45, 7) is 5.64. The number of benzene rings is 1. The predicted octanol–water partition coefficient (Wildman–Crippen LogP) is 1.21. The van der Waals surface area contributed by atoms with Crippen LogP contribution in [-0.4, -0.2) is 26.0 Å². The lowest BCUT2D eigenvalue weighted by molar-refractivity contribution is 0.555. The monoisotopic (exact) mass is 323 g/mol. The Morgan fingerprint density at radius 3 is 2.64 bits per heavy atom. The first kappa shape index (κ1) is 16.7. The predicted molar refractivity (Wildman–Crippen MR) is 88.2 cm³/mol. The normalized spacial score (nSPS) is 12.2. The minimum atomic E-state index is -3.53. The number of rotatable bonds is 6. The average Bonchev–Trinajstić information content (AvgIpc) is 2.38. The Balaban J connectivity index is 2.12. The molecule has 0 spiro atoms. The van der Waals surface area contributed by atoms with Crippen LogP contribution >= 0.6 is 0 Å². The minimum absolute atomic E-state index is 0.169. The van der Waals surface area contributed by atoms with Crippen molar-refractivity contribution in [2.45, 2.75) is 33.2 Å². The van der Waals surface area contributed by atoms with Crippen molar-refractivity contribution in [1.82, 2.24) is 14.4 Å². The number of fused-ring (bicyclic) bond motifs is 1. The zero-order valence-corrected chi connectivity index (χ0v) is 13.8. The second kappa shape index (κ2) is 6.60. The molecule has 0 atom stereocenters. The standard InChI is InChI=1S/C15H21N3O3S/c1-10(2)18-22(20,21)16-7-6-12-9-13-8-11(3)4-5-14(13)17-15(12)19/h4-5,8-10,16,18H,6-7H2,1-3H3,(H,17,19). The van der Waals surface area contributed by atoms with Crippen LogP contribution in [0.25, 0.3) is 10.9 Å². The molecule has 6 nitrogen and oxygen atoms in total. The Bertz CT molecular complexity index is 826. The summed E-state index contributed by atoms with van der Waals surface area (Å²) in [4.78, 5) is 14.8. The Kier molecular flexibility index (Phi) is 5.00. The van der Waals surface area contributed by atoms with Gasteiger partial charge in [-0.05, 0) is 50.8 Å². The van der Waals surface area contributed by atoms with Crippen molar-refractivity contribution in [3.63, 3.8) is 0 Å². The molecule has 0 saturated carbocycles. The number of H-pyrrole nitrogens is 1. The molecule has 0 aliphatic heterocycles. The van der Waals surface area contributed by atoms with Crippen LogP contribution in [0.3, 0.4) is 0 Å². The number of aromatic nitrogens is 1. The first-order chi connectivity index (χ1) is 10.3. The number of nitrogens with one attached hydrogen (secondary N) is 3. The summed E-state index contributed by atoms with van der Waals surface area (Å²) >= 11 is 0. The van der Waals surface area contributed by atoms with Crippen LogP contribution in [0.4, 0.5) is 0 Å². The fraction of sp³-hybridized carbons (Fsp3) is 0.400. The van der Waals surface area contributed by atoms with E-state index >= 15 is 0 Å². The smallest absolute Gasteiger partial charge is 0.277 e. The molecule has 0 saturated heterocycles. The highest BCUT2D eigenvalue weighted by atomic mass is 32.2. The van der Waals surface area contributed by atoms with Gasteiger partial charge in [0.25, 0.3) is 15.8 Å². The van der Waals surface area contributed by atoms with E-state index in [2.05, 4.69) is 14.4 Å². The number of aromatic amines is 1. The van der Waals surface area contributed by atoms with E-state index in [1.165, 1.54) is 0 Å². The highest BCUT2D eigenvalue weighted by molar-refractivity contribution is 7.87. The number of hydrogen-bond donors (Lipinski definition) is 3. The van der Waals surface area contributed by atoms with Crippen LogP contribution < -0.4 is 15.0 Å². The molecule has 0 radical (unpaired) electrons. The summed E-state index contributed by atoms with van der Waals surface area (Å²) in [7, 11) is -3.53. The third kappa shape index (κ3) is 4.40. The molecule has 0 aliphatic rings. The molecule has 0 fully saturated rings. The molecule has 3 N–H and O–H groups in total. The highest BCUT2D eigenvalue weighted by Gasteiger charge is 2.11. The van der Waals surface area contributed by atoms with Gasteiger partial charge in [-0.25, -0.2) is 4.72 Å². The van der Waals surface area contributed by atoms with Crippen LogP contribution in [0, 0.1) is 6.92 Å². The summed E-state index contributed by atoms with van der Waals surface area (Å²) in [5.41, 5.74) is 2.26. The zero-order chi connectivity index (χ0) is 16.3. The van der Waals surface area contributed by atoms with E-state index in [0.29, 0.717) is 12.0 Å². The second-order valence-corrected chi connectivity index (χ2v) is 7.17. The molecule has 7 heteroatoms. The van der Waals surface area contributed by atoms with E-state index in [9.17, 15) is 13.2 Å². The topological polar surface area (TPSA) is 91.1 Å². The Labute approximate surface area is 130 Å². The molecule has 0 unspecified atom stereocenters. The molecular weight excluding hydrogens is 302 g/mol. The molecule has 1 aromatic heterocycles. The number of aryl methyl sites for hydroxylation is 1. The van der Waals surface area contributed by atoms with Gasteiger partial charge in [-0.3, -0.25) is 4.79 Å². The summed E-state index contributed by atoms with van der Waals surface area (Å²) in [5, 5.41) is 0.942. The fourth-order valence-electron chi connectivity index (χ4n) is 2.23. The van der Waals surface area contributed by atoms with Gasteiger partial charge >= 0.3 is 0 Å². The molecule has 2 rings (SSSR count). The van der Waals surface area contributed by atoms with E-state index in [0.717, 1.165) is 16.5 Å². The Morgan fingerprint density at radius 2 is 1.95 bits per heavy atom. The van der Waals surface area contributed by atoms with E-state index in [4.69, 9.17) is 0 Å². The molecule has 1 aromatic carbocycles. The summed E-state index contributed by atoms with van der Waals surface area (Å²) in [6, 6.07) is 7.42. The molecule has 22 heavy (non-hydrogen) atoms. The second-order valence-electron chi connectivity index (χ2n) is 5.63. The molecule has 0 bridgehead atoms. The van der Waals surface area contributed by atoms with Gasteiger partial charge in [0.2, 0.25) is 0 Å². The Hall–Kier alpha value is -1.70. The van der Waals surface area contributed by atoms with Gasteiger partial charge in [-0.2, -0.15) is 13.1 Å². The van der Waals surface area contributed by atoms with Gasteiger partial charge < -0.3 is 4.98 Å². The number of hydrogen-bond acceptors (Lipinski definition) is 3. The third-order valence-electron chi connectivity index (χ3n) is 3.15. The van der Waals surface area contributed by atoms with Gasteiger partial charge in [-0.15, -0.1) is 0 Å². The maximum Gasteiger partial charge on any atom is 0.277 e. The van der Waals surface area contributed by atoms with Gasteiger partial charge in [0, 0.05) is 23.7 Å². The summed E-state index contributed by atoms with van der Waals surface area (Å²) in [6.07, 6.45) is 0.332. The van der Waals surface area contributed by atoms with Gasteiger partial charge in [0.1, 0.15) is 0 Å². The average molecular weight is 323 g/mol. The maximum absolute atomic E-state index is 12.0. The minimum Gasteiger partial charge on any atom is -0.322 e. The van der Waals surface area contributed by atoms with Crippen LogP contribution in [-0.2, 0) is 16.6 Å². The van der Waals surface area contributed by atoms with Gasteiger partial charge in [0.05, 0.1) is 0 Å². The maximum atomic E-state index is 12.0. The first-order valence-corrected chi connectivity index (χ1v) is 8.64. The zero-order valence-electron chi connectivity index (χ0n) is 12.9. The molecular formula is C15H21N3O3S. The van der Waals surface area contributed by atoms with Crippen LogP contribution in [0.1, 0.15) is 25.0 Å². The Morgan fingerprint density at radius 1 is 1.23 bits per heavy atom. The van der Waals surface area contributed by atoms with E-state index in [1.54, 1.807) is 13.8 Å². The third-order valence-corrected chi connectivity index (χ3v) is 4.52. The van der Waals surface area contributed by atoms with Crippen LogP contribution in [0.5, 0.6) is 0 Å². The SMILES string of the molecule is Cc1ccc2[nH]c(=O)c(CCNS(=O)(=O)NC(C)C)cc2c1. The first-order valence-electron chi connectivity index (χ1n) is 7.16. The summed E-state index contributed by atoms with van der Waals surface area (Å²) in [5.74, 6) is 0. The van der Waals surface area contributed by atoms with Crippen molar-refractivity contribution in [2.75, 3.05) is 6.54 Å². The van der Waals surface area contributed by atoms with Crippen molar-refractivity contribution >= 4 is 21.1 Å². The van der Waals surface area contributed by atoms with Crippen LogP contribution in [0.2, 0.25) is 0 Å². The highest BCUT2D eigenvalue weighted by Crippen LogP contribution is 2.13. The van der Waals surface area contributed by atoms with E-state index < -0.39 is 10.2 Å². The fourth-order valence-corrected chi connectivity index (χ4v) is 3.30. The van der Waals surface area contributed by atoms with E-state index in [1.807, 2.05) is 31.2 Å². The van der Waals surface area contributed by atoms with Crippen molar-refractivity contribution < 1.29 is 8.42 Å².